The highest BCUT2D eigenvalue weighted by Crippen LogP contribution is 2.64. The summed E-state index contributed by atoms with van der Waals surface area (Å²) in [5, 5.41) is 4.69. The predicted octanol–water partition coefficient (Wildman–Crippen LogP) is 4.55. The van der Waals surface area contributed by atoms with Gasteiger partial charge in [-0.1, -0.05) is 0 Å². The number of fused-ring (bicyclic) bond motifs is 1. The van der Waals surface area contributed by atoms with Crippen molar-refractivity contribution in [1.29, 1.82) is 0 Å². The minimum absolute atomic E-state index is 0.0326. The van der Waals surface area contributed by atoms with E-state index in [2.05, 4.69) is 9.88 Å². The molecule has 4 fully saturated rings. The third-order valence-electron chi connectivity index (χ3n) is 8.83. The van der Waals surface area contributed by atoms with Gasteiger partial charge in [-0.3, -0.25) is 14.6 Å². The lowest BCUT2D eigenvalue weighted by Gasteiger charge is -2.28. The summed E-state index contributed by atoms with van der Waals surface area (Å²) in [5.41, 5.74) is 1.24. The Morgan fingerprint density at radius 1 is 1.11 bits per heavy atom. The van der Waals surface area contributed by atoms with E-state index in [0.717, 1.165) is 56.7 Å². The third-order valence-corrected chi connectivity index (χ3v) is 10.7. The van der Waals surface area contributed by atoms with Crippen LogP contribution in [0.3, 0.4) is 0 Å². The molecule has 6 rings (SSSR count). The molecule has 6 nitrogen and oxygen atoms in total. The number of hydrogen-bond acceptors (Lipinski definition) is 5. The first-order chi connectivity index (χ1) is 16.4. The van der Waals surface area contributed by atoms with E-state index >= 15 is 0 Å². The van der Waals surface area contributed by atoms with Gasteiger partial charge in [0.1, 0.15) is 0 Å². The van der Waals surface area contributed by atoms with Gasteiger partial charge in [-0.25, -0.2) is 8.42 Å². The Hall–Kier alpha value is -1.94. The Bertz CT molecular complexity index is 1250. The number of alkyl halides is 3. The molecule has 35 heavy (non-hydrogen) atoms. The number of rotatable bonds is 4. The first kappa shape index (κ1) is 23.5. The summed E-state index contributed by atoms with van der Waals surface area (Å²) in [7, 11) is -2.88. The highest BCUT2D eigenvalue weighted by atomic mass is 32.2. The lowest BCUT2D eigenvalue weighted by atomic mass is 9.87. The number of halogens is 3. The number of aromatic nitrogens is 3. The highest BCUT2D eigenvalue weighted by Gasteiger charge is 2.60. The molecule has 2 aromatic rings. The zero-order chi connectivity index (χ0) is 24.8. The normalized spacial score (nSPS) is 34.2. The molecule has 2 aromatic heterocycles. The van der Waals surface area contributed by atoms with Gasteiger partial charge in [-0.05, 0) is 75.5 Å². The quantitative estimate of drug-likeness (QED) is 0.606. The van der Waals surface area contributed by atoms with Crippen LogP contribution in [0, 0.1) is 17.3 Å². The van der Waals surface area contributed by atoms with E-state index in [0.29, 0.717) is 46.6 Å². The van der Waals surface area contributed by atoms with E-state index in [1.165, 1.54) is 6.20 Å². The van der Waals surface area contributed by atoms with Crippen LogP contribution in [-0.4, -0.2) is 58.7 Å². The second kappa shape index (κ2) is 7.78. The molecule has 0 bridgehead atoms. The van der Waals surface area contributed by atoms with Crippen LogP contribution in [0.5, 0.6) is 0 Å². The molecule has 2 saturated heterocycles. The van der Waals surface area contributed by atoms with Crippen molar-refractivity contribution in [2.75, 3.05) is 24.6 Å². The predicted molar refractivity (Wildman–Crippen MR) is 125 cm³/mol. The molecule has 5 atom stereocenters. The standard InChI is InChI=1S/C25H31F3N4O2S/c1-15(2)32-22(10-21(30-32)16-7-17(12-29-11-16)25(26,27)28)23-19-8-18(9-20(19)23)31-5-3-24(13-31)4-6-35(33,34)14-24/h7,10-12,15,18-20,23H,3-6,8-9,13-14H2,1-2H3/t18?,19-,20+,23?,24?. The molecule has 0 amide bonds. The second-order valence-electron chi connectivity index (χ2n) is 11.5. The second-order valence-corrected chi connectivity index (χ2v) is 13.7. The summed E-state index contributed by atoms with van der Waals surface area (Å²) in [5.74, 6) is 2.19. The molecular weight excluding hydrogens is 477 g/mol. The summed E-state index contributed by atoms with van der Waals surface area (Å²) in [6, 6.07) is 3.70. The topological polar surface area (TPSA) is 68.1 Å². The Morgan fingerprint density at radius 2 is 1.86 bits per heavy atom. The third kappa shape index (κ3) is 4.10. The summed E-state index contributed by atoms with van der Waals surface area (Å²) in [6.07, 6.45) is 1.83. The molecule has 0 aromatic carbocycles. The SMILES string of the molecule is CC(C)n1nc(-c2cncc(C(F)(F)F)c2)cc1C1[C@H]2CC(N3CCC4(CCS(=O)(=O)C4)C3)C[C@@H]12. The van der Waals surface area contributed by atoms with E-state index in [1.54, 1.807) is 0 Å². The molecule has 0 N–H and O–H groups in total. The molecule has 2 saturated carbocycles. The van der Waals surface area contributed by atoms with Crippen LogP contribution >= 0.6 is 0 Å². The maximum atomic E-state index is 13.2. The van der Waals surface area contributed by atoms with Crippen LogP contribution in [0.4, 0.5) is 13.2 Å². The molecule has 4 heterocycles. The number of pyridine rings is 1. The van der Waals surface area contributed by atoms with Gasteiger partial charge in [0, 0.05) is 48.2 Å². The smallest absolute Gasteiger partial charge is 0.300 e. The first-order valence-corrected chi connectivity index (χ1v) is 14.3. The highest BCUT2D eigenvalue weighted by molar-refractivity contribution is 7.91. The monoisotopic (exact) mass is 508 g/mol. The van der Waals surface area contributed by atoms with E-state index in [-0.39, 0.29) is 11.5 Å². The van der Waals surface area contributed by atoms with Crippen molar-refractivity contribution in [2.45, 2.75) is 63.7 Å². The van der Waals surface area contributed by atoms with Gasteiger partial charge in [0.25, 0.3) is 0 Å². The fraction of sp³-hybridized carbons (Fsp3) is 0.680. The molecule has 10 heteroatoms. The van der Waals surface area contributed by atoms with Crippen molar-refractivity contribution in [3.05, 3.63) is 35.8 Å². The van der Waals surface area contributed by atoms with Crippen molar-refractivity contribution < 1.29 is 21.6 Å². The Labute approximate surface area is 203 Å². The number of sulfone groups is 1. The van der Waals surface area contributed by atoms with Crippen molar-refractivity contribution in [3.8, 4) is 11.3 Å². The summed E-state index contributed by atoms with van der Waals surface area (Å²) in [6.45, 7) is 5.98. The van der Waals surface area contributed by atoms with Gasteiger partial charge in [0.2, 0.25) is 0 Å². The van der Waals surface area contributed by atoms with Crippen LogP contribution in [0.1, 0.15) is 62.7 Å². The average molecular weight is 509 g/mol. The van der Waals surface area contributed by atoms with Crippen molar-refractivity contribution in [2.24, 2.45) is 17.3 Å². The van der Waals surface area contributed by atoms with Gasteiger partial charge in [0.05, 0.1) is 22.8 Å². The Kier molecular flexibility index (Phi) is 5.21. The number of likely N-dealkylation sites (tertiary alicyclic amines) is 1. The zero-order valence-corrected chi connectivity index (χ0v) is 20.8. The Morgan fingerprint density at radius 3 is 2.49 bits per heavy atom. The van der Waals surface area contributed by atoms with Crippen LogP contribution in [0.2, 0.25) is 0 Å². The maximum absolute atomic E-state index is 13.2. The number of nitrogens with zero attached hydrogens (tertiary/aromatic N) is 4. The zero-order valence-electron chi connectivity index (χ0n) is 20.0. The molecule has 2 aliphatic heterocycles. The molecular formula is C25H31F3N4O2S. The van der Waals surface area contributed by atoms with Crippen LogP contribution in [0.25, 0.3) is 11.3 Å². The summed E-state index contributed by atoms with van der Waals surface area (Å²) >= 11 is 0. The van der Waals surface area contributed by atoms with Crippen LogP contribution in [-0.2, 0) is 16.0 Å². The van der Waals surface area contributed by atoms with Gasteiger partial charge in [-0.15, -0.1) is 0 Å². The average Bonchev–Trinajstić information content (AvgIpc) is 3.30. The molecule has 2 aliphatic carbocycles. The molecule has 0 radical (unpaired) electrons. The fourth-order valence-electron chi connectivity index (χ4n) is 7.08. The van der Waals surface area contributed by atoms with Gasteiger partial charge >= 0.3 is 6.18 Å². The lowest BCUT2D eigenvalue weighted by Crippen LogP contribution is -2.35. The lowest BCUT2D eigenvalue weighted by molar-refractivity contribution is -0.137. The van der Waals surface area contributed by atoms with E-state index in [1.807, 2.05) is 24.6 Å². The summed E-state index contributed by atoms with van der Waals surface area (Å²) in [4.78, 5) is 6.34. The fourth-order valence-corrected chi connectivity index (χ4v) is 9.28. The van der Waals surface area contributed by atoms with Gasteiger partial charge < -0.3 is 0 Å². The van der Waals surface area contributed by atoms with Crippen LogP contribution in [0.15, 0.2) is 24.5 Å². The molecule has 190 valence electrons. The minimum Gasteiger partial charge on any atom is -0.300 e. The van der Waals surface area contributed by atoms with Crippen molar-refractivity contribution in [1.82, 2.24) is 19.7 Å². The molecule has 4 aliphatic rings. The minimum atomic E-state index is -4.44. The Balaban J connectivity index is 1.17. The largest absolute Gasteiger partial charge is 0.417 e. The first-order valence-electron chi connectivity index (χ1n) is 12.5. The van der Waals surface area contributed by atoms with Crippen LogP contribution < -0.4 is 0 Å². The van der Waals surface area contributed by atoms with E-state index in [4.69, 9.17) is 5.10 Å². The van der Waals surface area contributed by atoms with Crippen molar-refractivity contribution >= 4 is 9.84 Å². The van der Waals surface area contributed by atoms with Gasteiger partial charge in [-0.2, -0.15) is 18.3 Å². The molecule has 1 spiro atoms. The summed E-state index contributed by atoms with van der Waals surface area (Å²) < 4.78 is 65.6. The van der Waals surface area contributed by atoms with Gasteiger partial charge in [0.15, 0.2) is 9.84 Å². The number of hydrogen-bond donors (Lipinski definition) is 0. The molecule has 3 unspecified atom stereocenters. The van der Waals surface area contributed by atoms with E-state index < -0.39 is 21.6 Å². The maximum Gasteiger partial charge on any atom is 0.417 e. The van der Waals surface area contributed by atoms with Crippen molar-refractivity contribution in [3.63, 3.8) is 0 Å². The van der Waals surface area contributed by atoms with E-state index in [9.17, 15) is 21.6 Å².